The van der Waals surface area contributed by atoms with Gasteiger partial charge < -0.3 is 9.47 Å². The van der Waals surface area contributed by atoms with Crippen molar-refractivity contribution in [1.29, 1.82) is 0 Å². The molecule has 3 heteroatoms. The van der Waals surface area contributed by atoms with Gasteiger partial charge in [0.1, 0.15) is 0 Å². The zero-order valence-electron chi connectivity index (χ0n) is 9.95. The van der Waals surface area contributed by atoms with Crippen molar-refractivity contribution in [3.63, 3.8) is 0 Å². The van der Waals surface area contributed by atoms with Crippen LogP contribution < -0.4 is 0 Å². The number of hydrogen-bond donors (Lipinski definition) is 0. The topological polar surface area (TPSA) is 18.5 Å². The van der Waals surface area contributed by atoms with Crippen LogP contribution in [0.3, 0.4) is 0 Å². The van der Waals surface area contributed by atoms with Crippen LogP contribution in [0.15, 0.2) is 11.9 Å². The van der Waals surface area contributed by atoms with Crippen LogP contribution in [0.1, 0.15) is 39.0 Å². The SMILES string of the molecule is CCCC1COC(C2CC=C(F)CC2)OC1. The van der Waals surface area contributed by atoms with Crippen LogP contribution >= 0.6 is 0 Å². The van der Waals surface area contributed by atoms with Crippen LogP contribution in [0.5, 0.6) is 0 Å². The Morgan fingerprint density at radius 3 is 2.69 bits per heavy atom. The van der Waals surface area contributed by atoms with Crippen LogP contribution in [0.2, 0.25) is 0 Å². The van der Waals surface area contributed by atoms with Crippen molar-refractivity contribution in [1.82, 2.24) is 0 Å². The predicted octanol–water partition coefficient (Wildman–Crippen LogP) is 3.43. The molecule has 1 aliphatic carbocycles. The van der Waals surface area contributed by atoms with Crippen LogP contribution in [-0.2, 0) is 9.47 Å². The summed E-state index contributed by atoms with van der Waals surface area (Å²) in [4.78, 5) is 0. The molecule has 2 aliphatic rings. The molecule has 0 aromatic rings. The Labute approximate surface area is 96.8 Å². The Bertz CT molecular complexity index is 244. The van der Waals surface area contributed by atoms with E-state index in [9.17, 15) is 4.39 Å². The van der Waals surface area contributed by atoms with E-state index in [-0.39, 0.29) is 12.1 Å². The fraction of sp³-hybridized carbons (Fsp3) is 0.846. The summed E-state index contributed by atoms with van der Waals surface area (Å²) in [5.74, 6) is 0.926. The molecule has 0 amide bonds. The van der Waals surface area contributed by atoms with E-state index in [0.717, 1.165) is 26.1 Å². The minimum Gasteiger partial charge on any atom is -0.352 e. The lowest BCUT2D eigenvalue weighted by Gasteiger charge is -2.34. The summed E-state index contributed by atoms with van der Waals surface area (Å²) >= 11 is 0. The van der Waals surface area contributed by atoms with Crippen molar-refractivity contribution in [2.24, 2.45) is 11.8 Å². The first kappa shape index (κ1) is 12.1. The van der Waals surface area contributed by atoms with Gasteiger partial charge in [0.2, 0.25) is 0 Å². The van der Waals surface area contributed by atoms with E-state index in [2.05, 4.69) is 6.92 Å². The molecule has 1 heterocycles. The van der Waals surface area contributed by atoms with E-state index in [1.165, 1.54) is 12.8 Å². The zero-order valence-corrected chi connectivity index (χ0v) is 9.95. The average molecular weight is 228 g/mol. The number of allylic oxidation sites excluding steroid dienone is 2. The molecule has 0 bridgehead atoms. The molecule has 0 aromatic heterocycles. The van der Waals surface area contributed by atoms with E-state index in [1.54, 1.807) is 6.08 Å². The third-order valence-electron chi connectivity index (χ3n) is 3.47. The maximum atomic E-state index is 12.9. The standard InChI is InChI=1S/C13H21FO2/c1-2-3-10-8-15-13(16-9-10)11-4-6-12(14)7-5-11/h6,10-11,13H,2-5,7-9H2,1H3. The van der Waals surface area contributed by atoms with Gasteiger partial charge in [-0.15, -0.1) is 0 Å². The Hall–Kier alpha value is -0.410. The van der Waals surface area contributed by atoms with Gasteiger partial charge in [-0.1, -0.05) is 19.4 Å². The number of rotatable bonds is 3. The first-order valence-electron chi connectivity index (χ1n) is 6.37. The molecule has 16 heavy (non-hydrogen) atoms. The van der Waals surface area contributed by atoms with Gasteiger partial charge >= 0.3 is 0 Å². The van der Waals surface area contributed by atoms with Gasteiger partial charge in [0.15, 0.2) is 6.29 Å². The van der Waals surface area contributed by atoms with Crippen molar-refractivity contribution in [2.75, 3.05) is 13.2 Å². The van der Waals surface area contributed by atoms with E-state index < -0.39 is 0 Å². The molecule has 92 valence electrons. The lowest BCUT2D eigenvalue weighted by atomic mass is 9.92. The van der Waals surface area contributed by atoms with Gasteiger partial charge in [-0.25, -0.2) is 4.39 Å². The largest absolute Gasteiger partial charge is 0.352 e. The molecule has 1 saturated heterocycles. The Kier molecular flexibility index (Phi) is 4.36. The van der Waals surface area contributed by atoms with Crippen molar-refractivity contribution < 1.29 is 13.9 Å². The molecular weight excluding hydrogens is 207 g/mol. The second-order valence-corrected chi connectivity index (χ2v) is 4.88. The third kappa shape index (κ3) is 3.05. The molecular formula is C13H21FO2. The van der Waals surface area contributed by atoms with E-state index in [4.69, 9.17) is 9.47 Å². The molecule has 1 aliphatic heterocycles. The number of halogens is 1. The number of ether oxygens (including phenoxy) is 2. The Morgan fingerprint density at radius 2 is 2.12 bits per heavy atom. The first-order valence-corrected chi connectivity index (χ1v) is 6.37. The lowest BCUT2D eigenvalue weighted by molar-refractivity contribution is -0.226. The molecule has 1 atom stereocenters. The van der Waals surface area contributed by atoms with Gasteiger partial charge in [0, 0.05) is 11.8 Å². The molecule has 1 unspecified atom stereocenters. The first-order chi connectivity index (χ1) is 7.79. The van der Waals surface area contributed by atoms with Crippen molar-refractivity contribution in [3.05, 3.63) is 11.9 Å². The second kappa shape index (κ2) is 5.78. The van der Waals surface area contributed by atoms with Crippen LogP contribution in [0.25, 0.3) is 0 Å². The highest BCUT2D eigenvalue weighted by atomic mass is 19.1. The van der Waals surface area contributed by atoms with E-state index in [1.807, 2.05) is 0 Å². The summed E-state index contributed by atoms with van der Waals surface area (Å²) in [7, 11) is 0. The molecule has 0 radical (unpaired) electrons. The van der Waals surface area contributed by atoms with Gasteiger partial charge in [0.05, 0.1) is 19.0 Å². The van der Waals surface area contributed by atoms with Crippen molar-refractivity contribution in [3.8, 4) is 0 Å². The monoisotopic (exact) mass is 228 g/mol. The van der Waals surface area contributed by atoms with Crippen LogP contribution in [-0.4, -0.2) is 19.5 Å². The fourth-order valence-electron chi connectivity index (χ4n) is 2.47. The average Bonchev–Trinajstić information content (AvgIpc) is 2.32. The summed E-state index contributed by atoms with van der Waals surface area (Å²) in [6.45, 7) is 3.79. The van der Waals surface area contributed by atoms with Crippen LogP contribution in [0.4, 0.5) is 4.39 Å². The van der Waals surface area contributed by atoms with Gasteiger partial charge in [0.25, 0.3) is 0 Å². The number of hydrogen-bond acceptors (Lipinski definition) is 2. The molecule has 0 aromatic carbocycles. The van der Waals surface area contributed by atoms with Gasteiger partial charge in [-0.2, -0.15) is 0 Å². The quantitative estimate of drug-likeness (QED) is 0.736. The van der Waals surface area contributed by atoms with Crippen molar-refractivity contribution >= 4 is 0 Å². The predicted molar refractivity (Wildman–Crippen MR) is 60.6 cm³/mol. The molecule has 0 N–H and O–H groups in total. The maximum Gasteiger partial charge on any atom is 0.160 e. The fourth-order valence-corrected chi connectivity index (χ4v) is 2.47. The summed E-state index contributed by atoms with van der Waals surface area (Å²) in [5, 5.41) is 0. The summed E-state index contributed by atoms with van der Waals surface area (Å²) in [6, 6.07) is 0. The zero-order chi connectivity index (χ0) is 11.4. The Balaban J connectivity index is 1.76. The van der Waals surface area contributed by atoms with Crippen molar-refractivity contribution in [2.45, 2.75) is 45.3 Å². The second-order valence-electron chi connectivity index (χ2n) is 4.88. The minimum atomic E-state index is -0.0996. The summed E-state index contributed by atoms with van der Waals surface area (Å²) in [6.07, 6.45) is 6.09. The minimum absolute atomic E-state index is 0.0240. The summed E-state index contributed by atoms with van der Waals surface area (Å²) < 4.78 is 24.4. The third-order valence-corrected chi connectivity index (χ3v) is 3.47. The summed E-state index contributed by atoms with van der Waals surface area (Å²) in [5.41, 5.74) is 0. The van der Waals surface area contributed by atoms with Crippen LogP contribution in [0, 0.1) is 11.8 Å². The van der Waals surface area contributed by atoms with Gasteiger partial charge in [-0.3, -0.25) is 0 Å². The smallest absolute Gasteiger partial charge is 0.160 e. The van der Waals surface area contributed by atoms with Gasteiger partial charge in [-0.05, 0) is 25.7 Å². The molecule has 0 saturated carbocycles. The highest BCUT2D eigenvalue weighted by Gasteiger charge is 2.29. The van der Waals surface area contributed by atoms with E-state index >= 15 is 0 Å². The Morgan fingerprint density at radius 1 is 1.38 bits per heavy atom. The normalized spacial score (nSPS) is 35.9. The lowest BCUT2D eigenvalue weighted by Crippen LogP contribution is -2.37. The molecule has 2 nitrogen and oxygen atoms in total. The molecule has 0 spiro atoms. The molecule has 1 fully saturated rings. The highest BCUT2D eigenvalue weighted by Crippen LogP contribution is 2.31. The molecule has 2 rings (SSSR count). The maximum absolute atomic E-state index is 12.9. The van der Waals surface area contributed by atoms with E-state index in [0.29, 0.717) is 18.3 Å². The highest BCUT2D eigenvalue weighted by molar-refractivity contribution is 4.98.